The van der Waals surface area contributed by atoms with Crippen molar-refractivity contribution in [2.75, 3.05) is 0 Å². The molecule has 0 fully saturated rings. The Kier molecular flexibility index (Phi) is 2.77. The molecule has 2 N–H and O–H groups in total. The highest BCUT2D eigenvalue weighted by Crippen LogP contribution is 2.34. The third kappa shape index (κ3) is 2.21. The van der Waals surface area contributed by atoms with E-state index in [2.05, 4.69) is 0 Å². The maximum atomic E-state index is 12.5. The van der Waals surface area contributed by atoms with Crippen molar-refractivity contribution in [1.82, 2.24) is 0 Å². The Morgan fingerprint density at radius 2 is 1.71 bits per heavy atom. The smallest absolute Gasteiger partial charge is 0.364 e. The van der Waals surface area contributed by atoms with Gasteiger partial charge in [-0.2, -0.15) is 13.2 Å². The van der Waals surface area contributed by atoms with Crippen LogP contribution in [0.3, 0.4) is 0 Å². The molecule has 0 aromatic heterocycles. The van der Waals surface area contributed by atoms with Crippen molar-refractivity contribution in [2.24, 2.45) is 0 Å². The van der Waals surface area contributed by atoms with Gasteiger partial charge in [0.05, 0.1) is 5.56 Å². The molecule has 0 spiro atoms. The zero-order valence-electron chi connectivity index (χ0n) is 6.72. The van der Waals surface area contributed by atoms with Gasteiger partial charge in [0.2, 0.25) is 0 Å². The molecular weight excluding hydrogens is 204 g/mol. The van der Waals surface area contributed by atoms with E-state index in [0.717, 1.165) is 0 Å². The van der Waals surface area contributed by atoms with Crippen LogP contribution in [0.5, 0.6) is 0 Å². The Bertz CT molecular complexity index is 333. The summed E-state index contributed by atoms with van der Waals surface area (Å²) in [7, 11) is 0. The average molecular weight is 210 g/mol. The Labute approximate surface area is 76.4 Å². The summed E-state index contributed by atoms with van der Waals surface area (Å²) < 4.78 is 49.1. The van der Waals surface area contributed by atoms with E-state index in [1.165, 1.54) is 0 Å². The van der Waals surface area contributed by atoms with Crippen molar-refractivity contribution < 1.29 is 27.8 Å². The highest BCUT2D eigenvalue weighted by atomic mass is 19.4. The molecule has 6 heteroatoms. The molecule has 0 atom stereocenters. The number of aliphatic hydroxyl groups is 2. The monoisotopic (exact) mass is 210 g/mol. The van der Waals surface area contributed by atoms with Gasteiger partial charge in [0.1, 0.15) is 5.82 Å². The number of alkyl halides is 3. The summed E-state index contributed by atoms with van der Waals surface area (Å²) in [5.41, 5.74) is -2.15. The Hall–Kier alpha value is -1.14. The number of benzene rings is 1. The zero-order valence-corrected chi connectivity index (χ0v) is 6.72. The van der Waals surface area contributed by atoms with Crippen LogP contribution in [0.15, 0.2) is 18.2 Å². The first-order valence-corrected chi connectivity index (χ1v) is 3.55. The number of rotatable bonds is 1. The summed E-state index contributed by atoms with van der Waals surface area (Å²) in [4.78, 5) is 0. The van der Waals surface area contributed by atoms with E-state index < -0.39 is 29.4 Å². The molecule has 78 valence electrons. The van der Waals surface area contributed by atoms with Gasteiger partial charge in [0, 0.05) is 5.56 Å². The van der Waals surface area contributed by atoms with Crippen LogP contribution in [-0.2, 0) is 6.18 Å². The average Bonchev–Trinajstić information content (AvgIpc) is 2.01. The molecule has 0 radical (unpaired) electrons. The van der Waals surface area contributed by atoms with Crippen molar-refractivity contribution in [3.05, 3.63) is 35.1 Å². The lowest BCUT2D eigenvalue weighted by atomic mass is 10.1. The van der Waals surface area contributed by atoms with Gasteiger partial charge in [0.15, 0.2) is 6.29 Å². The first kappa shape index (κ1) is 10.9. The van der Waals surface area contributed by atoms with Crippen LogP contribution in [0.25, 0.3) is 0 Å². The lowest BCUT2D eigenvalue weighted by Gasteiger charge is -2.13. The van der Waals surface area contributed by atoms with Crippen molar-refractivity contribution >= 4 is 0 Å². The summed E-state index contributed by atoms with van der Waals surface area (Å²) >= 11 is 0. The van der Waals surface area contributed by atoms with Crippen LogP contribution in [0.4, 0.5) is 17.6 Å². The van der Waals surface area contributed by atoms with Gasteiger partial charge in [0.25, 0.3) is 0 Å². The summed E-state index contributed by atoms with van der Waals surface area (Å²) in [6.45, 7) is 0. The van der Waals surface area contributed by atoms with Crippen molar-refractivity contribution in [1.29, 1.82) is 0 Å². The lowest BCUT2D eigenvalue weighted by Crippen LogP contribution is -2.12. The molecule has 0 heterocycles. The summed E-state index contributed by atoms with van der Waals surface area (Å²) in [6.07, 6.45) is -7.07. The molecular formula is C8H6F4O2. The number of aliphatic hydroxyl groups excluding tert-OH is 1. The molecule has 0 unspecified atom stereocenters. The second kappa shape index (κ2) is 3.55. The fourth-order valence-corrected chi connectivity index (χ4v) is 1.01. The largest absolute Gasteiger partial charge is 0.416 e. The van der Waals surface area contributed by atoms with Gasteiger partial charge in [-0.1, -0.05) is 0 Å². The van der Waals surface area contributed by atoms with E-state index in [9.17, 15) is 17.6 Å². The molecule has 1 rings (SSSR count). The standard InChI is InChI=1S/C8H6F4O2/c9-4-1-2-6(8(10,11)12)5(3-4)7(13)14/h1-3,7,13-14H. The molecule has 1 aromatic rings. The van der Waals surface area contributed by atoms with Crippen LogP contribution in [0.1, 0.15) is 17.4 Å². The minimum atomic E-state index is -4.73. The minimum absolute atomic E-state index is 0.438. The van der Waals surface area contributed by atoms with E-state index in [1.807, 2.05) is 0 Å². The van der Waals surface area contributed by atoms with Gasteiger partial charge in [-0.25, -0.2) is 4.39 Å². The topological polar surface area (TPSA) is 40.5 Å². The maximum absolute atomic E-state index is 12.5. The second-order valence-electron chi connectivity index (χ2n) is 2.60. The zero-order chi connectivity index (χ0) is 10.9. The van der Waals surface area contributed by atoms with Gasteiger partial charge in [-0.3, -0.25) is 0 Å². The van der Waals surface area contributed by atoms with Gasteiger partial charge in [-0.15, -0.1) is 0 Å². The highest BCUT2D eigenvalue weighted by molar-refractivity contribution is 5.31. The van der Waals surface area contributed by atoms with Crippen LogP contribution in [-0.4, -0.2) is 10.2 Å². The van der Waals surface area contributed by atoms with Crippen molar-refractivity contribution in [2.45, 2.75) is 12.5 Å². The molecule has 0 amide bonds. The fourth-order valence-electron chi connectivity index (χ4n) is 1.01. The molecule has 0 saturated carbocycles. The van der Waals surface area contributed by atoms with Crippen LogP contribution >= 0.6 is 0 Å². The van der Waals surface area contributed by atoms with Crippen molar-refractivity contribution in [3.8, 4) is 0 Å². The summed E-state index contributed by atoms with van der Waals surface area (Å²) in [5, 5.41) is 17.2. The molecule has 0 bridgehead atoms. The predicted octanol–water partition coefficient (Wildman–Crippen LogP) is 1.83. The molecule has 0 saturated heterocycles. The first-order valence-electron chi connectivity index (χ1n) is 3.55. The van der Waals surface area contributed by atoms with Gasteiger partial charge >= 0.3 is 6.18 Å². The number of hydrogen-bond donors (Lipinski definition) is 2. The molecule has 0 aliphatic heterocycles. The summed E-state index contributed by atoms with van der Waals surface area (Å²) in [6, 6.07) is 1.51. The third-order valence-electron chi connectivity index (χ3n) is 1.60. The van der Waals surface area contributed by atoms with Crippen LogP contribution < -0.4 is 0 Å². The van der Waals surface area contributed by atoms with Gasteiger partial charge < -0.3 is 10.2 Å². The van der Waals surface area contributed by atoms with E-state index in [0.29, 0.717) is 18.2 Å². The third-order valence-corrected chi connectivity index (χ3v) is 1.60. The number of halogens is 4. The van der Waals surface area contributed by atoms with E-state index in [-0.39, 0.29) is 0 Å². The van der Waals surface area contributed by atoms with Crippen molar-refractivity contribution in [3.63, 3.8) is 0 Å². The second-order valence-corrected chi connectivity index (χ2v) is 2.60. The number of hydrogen-bond acceptors (Lipinski definition) is 2. The SMILES string of the molecule is OC(O)c1cc(F)ccc1C(F)(F)F. The molecule has 0 aliphatic carbocycles. The maximum Gasteiger partial charge on any atom is 0.416 e. The normalized spacial score (nSPS) is 12.2. The van der Waals surface area contributed by atoms with E-state index >= 15 is 0 Å². The molecule has 0 aliphatic rings. The Balaban J connectivity index is 3.29. The predicted molar refractivity (Wildman–Crippen MR) is 38.6 cm³/mol. The molecule has 2 nitrogen and oxygen atoms in total. The summed E-state index contributed by atoms with van der Waals surface area (Å²) in [5.74, 6) is -0.957. The van der Waals surface area contributed by atoms with Crippen LogP contribution in [0.2, 0.25) is 0 Å². The quantitative estimate of drug-likeness (QED) is 0.548. The first-order chi connectivity index (χ1) is 6.32. The Morgan fingerprint density at radius 1 is 1.14 bits per heavy atom. The van der Waals surface area contributed by atoms with E-state index in [4.69, 9.17) is 10.2 Å². The lowest BCUT2D eigenvalue weighted by molar-refractivity contribution is -0.142. The van der Waals surface area contributed by atoms with Gasteiger partial charge in [-0.05, 0) is 18.2 Å². The Morgan fingerprint density at radius 3 is 2.14 bits per heavy atom. The molecule has 1 aromatic carbocycles. The minimum Gasteiger partial charge on any atom is -0.364 e. The fraction of sp³-hybridized carbons (Fsp3) is 0.250. The van der Waals surface area contributed by atoms with E-state index in [1.54, 1.807) is 0 Å². The van der Waals surface area contributed by atoms with Crippen LogP contribution in [0, 0.1) is 5.82 Å². The highest BCUT2D eigenvalue weighted by Gasteiger charge is 2.34. The molecule has 14 heavy (non-hydrogen) atoms.